The summed E-state index contributed by atoms with van der Waals surface area (Å²) in [6.45, 7) is 0.139. The van der Waals surface area contributed by atoms with Gasteiger partial charge in [-0.15, -0.1) is 0 Å². The molecule has 1 aliphatic rings. The molecule has 0 amide bonds. The second-order valence-corrected chi connectivity index (χ2v) is 6.25. The van der Waals surface area contributed by atoms with Crippen molar-refractivity contribution in [3.8, 4) is 11.5 Å². The molecule has 2 aromatic rings. The van der Waals surface area contributed by atoms with Crippen LogP contribution in [0.1, 0.15) is 0 Å². The number of sulfonamides is 1. The molecule has 0 aliphatic carbocycles. The maximum atomic E-state index is 12.2. The SMILES string of the molecule is O=S(=O)(Nc1ccc2c(c1)OCO2)c1cccc(Cl)c1. The second kappa shape index (κ2) is 4.88. The molecule has 0 atom stereocenters. The zero-order valence-corrected chi connectivity index (χ0v) is 11.7. The number of ether oxygens (including phenoxy) is 2. The van der Waals surface area contributed by atoms with Crippen molar-refractivity contribution in [2.45, 2.75) is 4.90 Å². The predicted molar refractivity (Wildman–Crippen MR) is 74.8 cm³/mol. The minimum atomic E-state index is -3.68. The topological polar surface area (TPSA) is 64.6 Å². The Bertz CT molecular complexity index is 761. The van der Waals surface area contributed by atoms with Gasteiger partial charge >= 0.3 is 0 Å². The van der Waals surface area contributed by atoms with Gasteiger partial charge in [-0.25, -0.2) is 8.42 Å². The quantitative estimate of drug-likeness (QED) is 0.946. The second-order valence-electron chi connectivity index (χ2n) is 4.13. The highest BCUT2D eigenvalue weighted by Gasteiger charge is 2.18. The van der Waals surface area contributed by atoms with Crippen LogP contribution in [0.5, 0.6) is 11.5 Å². The molecule has 0 unspecified atom stereocenters. The lowest BCUT2D eigenvalue weighted by Gasteiger charge is -2.08. The van der Waals surface area contributed by atoms with Gasteiger partial charge in [-0.3, -0.25) is 4.72 Å². The predicted octanol–water partition coefficient (Wildman–Crippen LogP) is 2.87. The van der Waals surface area contributed by atoms with E-state index < -0.39 is 10.0 Å². The molecular weight excluding hydrogens is 302 g/mol. The average molecular weight is 312 g/mol. The van der Waals surface area contributed by atoms with E-state index in [-0.39, 0.29) is 11.7 Å². The number of hydrogen-bond acceptors (Lipinski definition) is 4. The van der Waals surface area contributed by atoms with Crippen molar-refractivity contribution < 1.29 is 17.9 Å². The van der Waals surface area contributed by atoms with Crippen LogP contribution < -0.4 is 14.2 Å². The van der Waals surface area contributed by atoms with Gasteiger partial charge in [0, 0.05) is 11.1 Å². The molecule has 1 aliphatic heterocycles. The molecule has 7 heteroatoms. The summed E-state index contributed by atoms with van der Waals surface area (Å²) in [7, 11) is -3.68. The number of benzene rings is 2. The lowest BCUT2D eigenvalue weighted by atomic mass is 10.3. The summed E-state index contributed by atoms with van der Waals surface area (Å²) in [5.41, 5.74) is 0.397. The first-order chi connectivity index (χ1) is 9.54. The monoisotopic (exact) mass is 311 g/mol. The summed E-state index contributed by atoms with van der Waals surface area (Å²) in [4.78, 5) is 0.0997. The number of fused-ring (bicyclic) bond motifs is 1. The maximum Gasteiger partial charge on any atom is 0.261 e. The van der Waals surface area contributed by atoms with Crippen molar-refractivity contribution in [1.82, 2.24) is 0 Å². The number of nitrogens with one attached hydrogen (secondary N) is 1. The Kier molecular flexibility index (Phi) is 3.19. The van der Waals surface area contributed by atoms with E-state index in [1.807, 2.05) is 0 Å². The van der Waals surface area contributed by atoms with Crippen LogP contribution in [0.15, 0.2) is 47.4 Å². The smallest absolute Gasteiger partial charge is 0.261 e. The van der Waals surface area contributed by atoms with Crippen LogP contribution in [0.3, 0.4) is 0 Å². The molecule has 1 N–H and O–H groups in total. The standard InChI is InChI=1S/C13H10ClNO4S/c14-9-2-1-3-11(6-9)20(16,17)15-10-4-5-12-13(7-10)19-8-18-12/h1-7,15H,8H2. The fraction of sp³-hybridized carbons (Fsp3) is 0.0769. The van der Waals surface area contributed by atoms with Crippen LogP contribution in [0.4, 0.5) is 5.69 Å². The molecule has 0 saturated heterocycles. The van der Waals surface area contributed by atoms with Crippen molar-refractivity contribution in [1.29, 1.82) is 0 Å². The van der Waals surface area contributed by atoms with Gasteiger partial charge in [0.25, 0.3) is 10.0 Å². The first kappa shape index (κ1) is 13.1. The first-order valence-electron chi connectivity index (χ1n) is 5.73. The van der Waals surface area contributed by atoms with Crippen molar-refractivity contribution in [3.05, 3.63) is 47.5 Å². The van der Waals surface area contributed by atoms with Gasteiger partial charge in [0.15, 0.2) is 11.5 Å². The summed E-state index contributed by atoms with van der Waals surface area (Å²) < 4.78 is 37.3. The zero-order chi connectivity index (χ0) is 14.2. The molecule has 0 radical (unpaired) electrons. The Morgan fingerprint density at radius 1 is 1.05 bits per heavy atom. The van der Waals surface area contributed by atoms with Crippen LogP contribution in [0.25, 0.3) is 0 Å². The van der Waals surface area contributed by atoms with Crippen molar-refractivity contribution in [2.24, 2.45) is 0 Å². The third-order valence-corrected chi connectivity index (χ3v) is 4.35. The van der Waals surface area contributed by atoms with Crippen molar-refractivity contribution in [2.75, 3.05) is 11.5 Å². The summed E-state index contributed by atoms with van der Waals surface area (Å²) in [6, 6.07) is 10.9. The molecule has 0 saturated carbocycles. The van der Waals surface area contributed by atoms with E-state index in [9.17, 15) is 8.42 Å². The third kappa shape index (κ3) is 2.52. The van der Waals surface area contributed by atoms with Crippen molar-refractivity contribution in [3.63, 3.8) is 0 Å². The van der Waals surface area contributed by atoms with Crippen LogP contribution >= 0.6 is 11.6 Å². The Labute approximate surface area is 121 Å². The molecule has 5 nitrogen and oxygen atoms in total. The van der Waals surface area contributed by atoms with E-state index in [0.717, 1.165) is 0 Å². The minimum absolute atomic E-state index is 0.0997. The Morgan fingerprint density at radius 3 is 2.65 bits per heavy atom. The van der Waals surface area contributed by atoms with Gasteiger partial charge in [-0.2, -0.15) is 0 Å². The molecule has 3 rings (SSSR count). The highest BCUT2D eigenvalue weighted by molar-refractivity contribution is 7.92. The number of anilines is 1. The van der Waals surface area contributed by atoms with Gasteiger partial charge in [0.2, 0.25) is 6.79 Å². The molecule has 2 aromatic carbocycles. The lowest BCUT2D eigenvalue weighted by Crippen LogP contribution is -2.12. The Morgan fingerprint density at radius 2 is 1.85 bits per heavy atom. The minimum Gasteiger partial charge on any atom is -0.454 e. The fourth-order valence-corrected chi connectivity index (χ4v) is 3.16. The molecule has 104 valence electrons. The molecule has 20 heavy (non-hydrogen) atoms. The Hall–Kier alpha value is -1.92. The van der Waals surface area contributed by atoms with Crippen LogP contribution in [0, 0.1) is 0 Å². The van der Waals surface area contributed by atoms with Crippen LogP contribution in [-0.2, 0) is 10.0 Å². The summed E-state index contributed by atoms with van der Waals surface area (Å²) in [5, 5.41) is 0.360. The van der Waals surface area contributed by atoms with E-state index in [4.69, 9.17) is 21.1 Å². The van der Waals surface area contributed by atoms with Crippen LogP contribution in [-0.4, -0.2) is 15.2 Å². The van der Waals surface area contributed by atoms with E-state index >= 15 is 0 Å². The van der Waals surface area contributed by atoms with E-state index in [0.29, 0.717) is 22.2 Å². The number of hydrogen-bond donors (Lipinski definition) is 1. The molecule has 0 spiro atoms. The lowest BCUT2D eigenvalue weighted by molar-refractivity contribution is 0.174. The van der Waals surface area contributed by atoms with E-state index in [1.165, 1.54) is 12.1 Å². The normalized spacial score (nSPS) is 13.2. The van der Waals surface area contributed by atoms with E-state index in [2.05, 4.69) is 4.72 Å². The van der Waals surface area contributed by atoms with Gasteiger partial charge in [0.1, 0.15) is 0 Å². The Balaban J connectivity index is 1.90. The zero-order valence-electron chi connectivity index (χ0n) is 10.2. The maximum absolute atomic E-state index is 12.2. The van der Waals surface area contributed by atoms with Crippen molar-refractivity contribution >= 4 is 27.3 Å². The molecular formula is C13H10ClNO4S. The summed E-state index contributed by atoms with van der Waals surface area (Å²) in [6.07, 6.45) is 0. The molecule has 0 fully saturated rings. The van der Waals surface area contributed by atoms with Gasteiger partial charge in [0.05, 0.1) is 10.6 Å². The van der Waals surface area contributed by atoms with Crippen LogP contribution in [0.2, 0.25) is 5.02 Å². The summed E-state index contributed by atoms with van der Waals surface area (Å²) >= 11 is 5.80. The highest BCUT2D eigenvalue weighted by Crippen LogP contribution is 2.34. The van der Waals surface area contributed by atoms with Gasteiger partial charge in [-0.05, 0) is 30.3 Å². The van der Waals surface area contributed by atoms with Gasteiger partial charge < -0.3 is 9.47 Å². The third-order valence-electron chi connectivity index (χ3n) is 2.73. The summed E-state index contributed by atoms with van der Waals surface area (Å²) in [5.74, 6) is 1.10. The number of rotatable bonds is 3. The average Bonchev–Trinajstić information content (AvgIpc) is 2.85. The fourth-order valence-electron chi connectivity index (χ4n) is 1.81. The number of halogens is 1. The first-order valence-corrected chi connectivity index (χ1v) is 7.59. The molecule has 0 aromatic heterocycles. The molecule has 1 heterocycles. The van der Waals surface area contributed by atoms with E-state index in [1.54, 1.807) is 30.3 Å². The largest absolute Gasteiger partial charge is 0.454 e. The molecule has 0 bridgehead atoms. The van der Waals surface area contributed by atoms with Gasteiger partial charge in [-0.1, -0.05) is 17.7 Å². The highest BCUT2D eigenvalue weighted by atomic mass is 35.5.